The lowest BCUT2D eigenvalue weighted by Crippen LogP contribution is -1.99. The van der Waals surface area contributed by atoms with E-state index in [4.69, 9.17) is 15.0 Å². The second-order valence-corrected chi connectivity index (χ2v) is 2.53. The summed E-state index contributed by atoms with van der Waals surface area (Å²) in [4.78, 5) is 19.1. The van der Waals surface area contributed by atoms with Gasteiger partial charge in [-0.05, 0) is 13.3 Å². The number of carbonyl (C=O) groups excluding carboxylic acids is 1. The minimum absolute atomic E-state index is 0.182. The van der Waals surface area contributed by atoms with Crippen molar-refractivity contribution < 1.29 is 24.5 Å². The van der Waals surface area contributed by atoms with E-state index in [1.54, 1.807) is 6.92 Å². The van der Waals surface area contributed by atoms with Crippen LogP contribution in [0.3, 0.4) is 0 Å². The molecule has 0 saturated heterocycles. The van der Waals surface area contributed by atoms with Gasteiger partial charge in [-0.25, -0.2) is 0 Å². The summed E-state index contributed by atoms with van der Waals surface area (Å²) in [5, 5.41) is 15.0. The maximum Gasteiger partial charge on any atom is 0.302 e. The van der Waals surface area contributed by atoms with Crippen LogP contribution in [0.5, 0.6) is 0 Å². The molecule has 0 heterocycles. The van der Waals surface area contributed by atoms with Gasteiger partial charge >= 0.3 is 5.97 Å². The summed E-state index contributed by atoms with van der Waals surface area (Å²) in [5.41, 5.74) is 0. The van der Waals surface area contributed by atoms with Gasteiger partial charge in [-0.1, -0.05) is 13.3 Å². The number of esters is 1. The van der Waals surface area contributed by atoms with Gasteiger partial charge in [-0.3, -0.25) is 9.59 Å². The third-order valence-corrected chi connectivity index (χ3v) is 0.803. The lowest BCUT2D eigenvalue weighted by Gasteiger charge is -1.96. The number of hydrogen-bond acceptors (Lipinski definition) is 4. The molecule has 0 aromatic heterocycles. The molecule has 0 aliphatic rings. The average Bonchev–Trinajstić information content (AvgIpc) is 2.04. The Kier molecular flexibility index (Phi) is 24.2. The summed E-state index contributed by atoms with van der Waals surface area (Å²) < 4.78 is 4.64. The third kappa shape index (κ3) is 101. The fraction of sp³-hybridized carbons (Fsp3) is 0.800. The number of aliphatic hydroxyl groups excluding tert-OH is 1. The molecule has 0 aromatic carbocycles. The topological polar surface area (TPSA) is 83.8 Å². The fourth-order valence-electron chi connectivity index (χ4n) is 0.360. The number of aliphatic carboxylic acids is 1. The van der Waals surface area contributed by atoms with Crippen molar-refractivity contribution in [3.8, 4) is 0 Å². The lowest BCUT2D eigenvalue weighted by molar-refractivity contribution is -0.141. The summed E-state index contributed by atoms with van der Waals surface area (Å²) in [6.07, 6.45) is 2.05. The maximum atomic E-state index is 10.1. The number of unbranched alkanes of at least 4 members (excludes halogenated alkanes) is 1. The molecule has 92 valence electrons. The first-order valence-corrected chi connectivity index (χ1v) is 4.86. The molecule has 0 spiro atoms. The van der Waals surface area contributed by atoms with E-state index in [1.807, 2.05) is 0 Å². The van der Waals surface area contributed by atoms with Crippen molar-refractivity contribution in [3.05, 3.63) is 0 Å². The summed E-state index contributed by atoms with van der Waals surface area (Å²) >= 11 is 0. The van der Waals surface area contributed by atoms with E-state index in [9.17, 15) is 4.79 Å². The highest BCUT2D eigenvalue weighted by molar-refractivity contribution is 5.65. The van der Waals surface area contributed by atoms with Crippen molar-refractivity contribution in [1.29, 1.82) is 0 Å². The Morgan fingerprint density at radius 2 is 1.53 bits per heavy atom. The Bertz CT molecular complexity index is 141. The van der Waals surface area contributed by atoms with E-state index in [-0.39, 0.29) is 12.6 Å². The highest BCUT2D eigenvalue weighted by Crippen LogP contribution is 1.86. The van der Waals surface area contributed by atoms with Crippen LogP contribution in [-0.4, -0.2) is 35.4 Å². The monoisotopic (exact) mass is 222 g/mol. The first-order chi connectivity index (χ1) is 6.92. The Balaban J connectivity index is -0.000000173. The molecule has 0 amide bonds. The Morgan fingerprint density at radius 1 is 1.20 bits per heavy atom. The van der Waals surface area contributed by atoms with Crippen molar-refractivity contribution in [2.45, 2.75) is 40.5 Å². The maximum absolute atomic E-state index is 10.1. The second-order valence-electron chi connectivity index (χ2n) is 2.53. The molecule has 5 heteroatoms. The molecule has 0 aromatic rings. The van der Waals surface area contributed by atoms with Gasteiger partial charge in [0.2, 0.25) is 0 Å². The van der Waals surface area contributed by atoms with Gasteiger partial charge in [0.25, 0.3) is 5.97 Å². The van der Waals surface area contributed by atoms with Crippen LogP contribution in [0.4, 0.5) is 0 Å². The predicted octanol–water partition coefficient (Wildman–Crippen LogP) is 1.44. The number of carboxylic acids is 1. The van der Waals surface area contributed by atoms with Crippen LogP contribution in [-0.2, 0) is 14.3 Å². The zero-order valence-corrected chi connectivity index (χ0v) is 9.95. The number of carbonyl (C=O) groups is 2. The fourth-order valence-corrected chi connectivity index (χ4v) is 0.360. The number of hydrogen-bond donors (Lipinski definition) is 2. The van der Waals surface area contributed by atoms with Gasteiger partial charge in [-0.2, -0.15) is 0 Å². The van der Waals surface area contributed by atoms with E-state index >= 15 is 0 Å². The van der Waals surface area contributed by atoms with E-state index in [2.05, 4.69) is 11.7 Å². The highest BCUT2D eigenvalue weighted by atomic mass is 16.5. The highest BCUT2D eigenvalue weighted by Gasteiger charge is 1.88. The molecule has 5 nitrogen and oxygen atoms in total. The van der Waals surface area contributed by atoms with Gasteiger partial charge in [0, 0.05) is 20.5 Å². The van der Waals surface area contributed by atoms with Crippen molar-refractivity contribution in [2.24, 2.45) is 0 Å². The number of carboxylic acid groups (broad SMARTS) is 1. The first-order valence-electron chi connectivity index (χ1n) is 4.86. The predicted molar refractivity (Wildman–Crippen MR) is 57.6 cm³/mol. The molecule has 0 saturated carbocycles. The molecular weight excluding hydrogens is 200 g/mol. The molecule has 2 N–H and O–H groups in total. The second kappa shape index (κ2) is 18.6. The Hall–Kier alpha value is -1.10. The molecule has 15 heavy (non-hydrogen) atoms. The molecule has 0 atom stereocenters. The molecule has 0 rings (SSSR count). The SMILES string of the molecule is CC(=O)O.CCCCOC(C)=O.CCO. The summed E-state index contributed by atoms with van der Waals surface area (Å²) in [6, 6.07) is 0. The summed E-state index contributed by atoms with van der Waals surface area (Å²) in [5.74, 6) is -1.02. The van der Waals surface area contributed by atoms with Crippen molar-refractivity contribution in [2.75, 3.05) is 13.2 Å². The number of aliphatic hydroxyl groups is 1. The van der Waals surface area contributed by atoms with E-state index in [0.29, 0.717) is 6.61 Å². The molecule has 0 unspecified atom stereocenters. The quantitative estimate of drug-likeness (QED) is 0.557. The average molecular weight is 222 g/mol. The van der Waals surface area contributed by atoms with E-state index in [1.165, 1.54) is 6.92 Å². The Morgan fingerprint density at radius 3 is 1.73 bits per heavy atom. The normalized spacial score (nSPS) is 7.53. The largest absolute Gasteiger partial charge is 0.481 e. The molecule has 0 aliphatic heterocycles. The van der Waals surface area contributed by atoms with Gasteiger partial charge in [0.1, 0.15) is 0 Å². The van der Waals surface area contributed by atoms with E-state index in [0.717, 1.165) is 19.8 Å². The van der Waals surface area contributed by atoms with Crippen LogP contribution in [0, 0.1) is 0 Å². The zero-order valence-electron chi connectivity index (χ0n) is 9.95. The third-order valence-electron chi connectivity index (χ3n) is 0.803. The number of ether oxygens (including phenoxy) is 1. The molecular formula is C10H22O5. The van der Waals surface area contributed by atoms with Crippen LogP contribution >= 0.6 is 0 Å². The number of rotatable bonds is 3. The summed E-state index contributed by atoms with van der Waals surface area (Å²) in [7, 11) is 0. The summed E-state index contributed by atoms with van der Waals surface area (Å²) in [6.45, 7) is 7.07. The van der Waals surface area contributed by atoms with Gasteiger partial charge in [0.05, 0.1) is 6.61 Å². The van der Waals surface area contributed by atoms with E-state index < -0.39 is 5.97 Å². The van der Waals surface area contributed by atoms with Crippen LogP contribution in [0.25, 0.3) is 0 Å². The van der Waals surface area contributed by atoms with Crippen molar-refractivity contribution in [1.82, 2.24) is 0 Å². The first kappa shape index (κ1) is 19.5. The standard InChI is InChI=1S/C6H12O2.C2H4O2.C2H6O/c1-3-4-5-8-6(2)7;1-2(3)4;1-2-3/h3-5H2,1-2H3;1H3,(H,3,4);3H,2H2,1H3. The van der Waals surface area contributed by atoms with Crippen LogP contribution in [0.2, 0.25) is 0 Å². The van der Waals surface area contributed by atoms with Gasteiger partial charge in [-0.15, -0.1) is 0 Å². The Labute approximate surface area is 91.1 Å². The smallest absolute Gasteiger partial charge is 0.302 e. The lowest BCUT2D eigenvalue weighted by atomic mass is 10.4. The molecule has 0 radical (unpaired) electrons. The van der Waals surface area contributed by atoms with Gasteiger partial charge < -0.3 is 14.9 Å². The van der Waals surface area contributed by atoms with Crippen LogP contribution in [0.15, 0.2) is 0 Å². The van der Waals surface area contributed by atoms with Crippen LogP contribution in [0.1, 0.15) is 40.5 Å². The van der Waals surface area contributed by atoms with Crippen LogP contribution < -0.4 is 0 Å². The van der Waals surface area contributed by atoms with Gasteiger partial charge in [0.15, 0.2) is 0 Å². The molecule has 0 aliphatic carbocycles. The minimum Gasteiger partial charge on any atom is -0.481 e. The van der Waals surface area contributed by atoms with Crippen molar-refractivity contribution in [3.63, 3.8) is 0 Å². The molecule has 0 fully saturated rings. The molecule has 0 bridgehead atoms. The minimum atomic E-state index is -0.833. The van der Waals surface area contributed by atoms with Crippen molar-refractivity contribution >= 4 is 11.9 Å². The zero-order chi connectivity index (χ0) is 12.7.